The van der Waals surface area contributed by atoms with Crippen molar-refractivity contribution < 1.29 is 24.3 Å². The Labute approximate surface area is 230 Å². The lowest BCUT2D eigenvalue weighted by Gasteiger charge is -2.39. The molecule has 2 aliphatic heterocycles. The van der Waals surface area contributed by atoms with Gasteiger partial charge in [-0.25, -0.2) is 0 Å². The molecule has 9 nitrogen and oxygen atoms in total. The Hall–Kier alpha value is -2.98. The summed E-state index contributed by atoms with van der Waals surface area (Å²) in [5, 5.41) is 20.6. The lowest BCUT2D eigenvalue weighted by molar-refractivity contribution is -0.135. The van der Waals surface area contributed by atoms with Crippen LogP contribution in [0.4, 0.5) is 0 Å². The number of aliphatic hydroxyl groups is 1. The van der Waals surface area contributed by atoms with E-state index in [2.05, 4.69) is 16.0 Å². The molecule has 2 saturated heterocycles. The van der Waals surface area contributed by atoms with Crippen molar-refractivity contribution >= 4 is 45.1 Å². The first kappa shape index (κ1) is 25.0. The van der Waals surface area contributed by atoms with Crippen LogP contribution in [0.25, 0.3) is 10.1 Å². The second-order valence-corrected chi connectivity index (χ2v) is 13.3. The number of rotatable bonds is 8. The van der Waals surface area contributed by atoms with E-state index in [1.807, 2.05) is 30.3 Å². The summed E-state index contributed by atoms with van der Waals surface area (Å²) >= 11 is 1.44. The minimum Gasteiger partial charge on any atom is -0.381 e. The number of piperidine rings is 1. The molecule has 6 atom stereocenters. The van der Waals surface area contributed by atoms with Gasteiger partial charge < -0.3 is 26.0 Å². The molecule has 2 aromatic rings. The zero-order valence-corrected chi connectivity index (χ0v) is 22.5. The minimum atomic E-state index is -1.47. The molecule has 3 aliphatic carbocycles. The van der Waals surface area contributed by atoms with Crippen molar-refractivity contribution in [2.24, 2.45) is 17.3 Å². The molecule has 4 N–H and O–H groups in total. The number of benzene rings is 1. The van der Waals surface area contributed by atoms with Crippen molar-refractivity contribution in [2.75, 3.05) is 6.54 Å². The molecule has 206 valence electrons. The fraction of sp³-hybridized carbons (Fsp3) is 0.586. The van der Waals surface area contributed by atoms with Crippen LogP contribution in [0.15, 0.2) is 30.3 Å². The Morgan fingerprint density at radius 3 is 2.67 bits per heavy atom. The Morgan fingerprint density at radius 1 is 1.18 bits per heavy atom. The van der Waals surface area contributed by atoms with Crippen LogP contribution in [-0.2, 0) is 14.4 Å². The molecule has 2 bridgehead atoms. The lowest BCUT2D eigenvalue weighted by atomic mass is 9.83. The number of amides is 4. The fourth-order valence-electron chi connectivity index (χ4n) is 7.30. The first-order valence-corrected chi connectivity index (χ1v) is 15.0. The topological polar surface area (TPSA) is 128 Å². The number of likely N-dealkylation sites (tertiary alicyclic amines) is 1. The van der Waals surface area contributed by atoms with Gasteiger partial charge in [-0.05, 0) is 80.2 Å². The highest BCUT2D eigenvalue weighted by Crippen LogP contribution is 2.67. The molecule has 1 aromatic carbocycles. The van der Waals surface area contributed by atoms with E-state index in [9.17, 15) is 24.3 Å². The van der Waals surface area contributed by atoms with Gasteiger partial charge in [0.25, 0.3) is 11.8 Å². The van der Waals surface area contributed by atoms with E-state index >= 15 is 0 Å². The summed E-state index contributed by atoms with van der Waals surface area (Å²) in [6.07, 6.45) is 4.92. The van der Waals surface area contributed by atoms with Crippen LogP contribution in [0.3, 0.4) is 0 Å². The number of hydrogen-bond acceptors (Lipinski definition) is 6. The molecule has 39 heavy (non-hydrogen) atoms. The average molecular weight is 551 g/mol. The van der Waals surface area contributed by atoms with Gasteiger partial charge in [-0.2, -0.15) is 0 Å². The number of carbonyl (C=O) groups is 4. The molecule has 5 fully saturated rings. The molecule has 10 heteroatoms. The Morgan fingerprint density at radius 2 is 1.97 bits per heavy atom. The molecule has 1 unspecified atom stereocenters. The third kappa shape index (κ3) is 4.41. The first-order valence-electron chi connectivity index (χ1n) is 14.2. The van der Waals surface area contributed by atoms with E-state index in [1.165, 1.54) is 11.3 Å². The normalized spacial score (nSPS) is 29.9. The lowest BCUT2D eigenvalue weighted by Crippen LogP contribution is -2.59. The van der Waals surface area contributed by atoms with Crippen LogP contribution in [0.5, 0.6) is 0 Å². The summed E-state index contributed by atoms with van der Waals surface area (Å²) < 4.78 is 1.03. The summed E-state index contributed by atoms with van der Waals surface area (Å²) in [6.45, 7) is 0.543. The van der Waals surface area contributed by atoms with Gasteiger partial charge in [0, 0.05) is 29.2 Å². The van der Waals surface area contributed by atoms with Crippen molar-refractivity contribution in [3.63, 3.8) is 0 Å². The van der Waals surface area contributed by atoms with Crippen molar-refractivity contribution in [1.82, 2.24) is 20.9 Å². The number of carbonyl (C=O) groups excluding carboxylic acids is 4. The maximum absolute atomic E-state index is 14.1. The van der Waals surface area contributed by atoms with Crippen molar-refractivity contribution in [2.45, 2.75) is 81.6 Å². The molecule has 5 aliphatic rings. The maximum atomic E-state index is 14.1. The van der Waals surface area contributed by atoms with Gasteiger partial charge in [-0.15, -0.1) is 11.3 Å². The van der Waals surface area contributed by atoms with Crippen LogP contribution in [0.1, 0.15) is 61.0 Å². The second kappa shape index (κ2) is 9.30. The number of hydrogen-bond donors (Lipinski definition) is 4. The molecule has 3 saturated carbocycles. The van der Waals surface area contributed by atoms with Crippen LogP contribution in [0.2, 0.25) is 0 Å². The number of aliphatic hydroxyl groups excluding tert-OH is 1. The van der Waals surface area contributed by atoms with E-state index < -0.39 is 24.1 Å². The Kier molecular flexibility index (Phi) is 5.97. The smallest absolute Gasteiger partial charge is 0.264 e. The number of thiophene rings is 1. The zero-order valence-electron chi connectivity index (χ0n) is 21.7. The molecule has 7 rings (SSSR count). The van der Waals surface area contributed by atoms with E-state index in [0.29, 0.717) is 17.8 Å². The van der Waals surface area contributed by atoms with Gasteiger partial charge >= 0.3 is 0 Å². The minimum absolute atomic E-state index is 0.00751. The quantitative estimate of drug-likeness (QED) is 0.400. The zero-order chi connectivity index (χ0) is 26.9. The van der Waals surface area contributed by atoms with Crippen LogP contribution in [-0.4, -0.2) is 70.5 Å². The monoisotopic (exact) mass is 550 g/mol. The van der Waals surface area contributed by atoms with E-state index in [-0.39, 0.29) is 53.5 Å². The largest absolute Gasteiger partial charge is 0.381 e. The highest BCUT2D eigenvalue weighted by Gasteiger charge is 2.67. The highest BCUT2D eigenvalue weighted by molar-refractivity contribution is 7.20. The fourth-order valence-corrected chi connectivity index (χ4v) is 8.31. The third-order valence-electron chi connectivity index (χ3n) is 9.66. The van der Waals surface area contributed by atoms with Gasteiger partial charge in [0.05, 0.1) is 10.9 Å². The van der Waals surface area contributed by atoms with Gasteiger partial charge in [0.1, 0.15) is 6.04 Å². The molecule has 1 aromatic heterocycles. The van der Waals surface area contributed by atoms with Crippen LogP contribution >= 0.6 is 11.3 Å². The van der Waals surface area contributed by atoms with Gasteiger partial charge in [-0.1, -0.05) is 18.2 Å². The van der Waals surface area contributed by atoms with Gasteiger partial charge in [0.2, 0.25) is 11.8 Å². The van der Waals surface area contributed by atoms with Crippen molar-refractivity contribution in [3.8, 4) is 0 Å². The molecule has 0 radical (unpaired) electrons. The summed E-state index contributed by atoms with van der Waals surface area (Å²) in [5.41, 5.74) is 0.117. The third-order valence-corrected chi connectivity index (χ3v) is 10.8. The predicted molar refractivity (Wildman–Crippen MR) is 145 cm³/mol. The second-order valence-electron chi connectivity index (χ2n) is 12.2. The Balaban J connectivity index is 1.15. The summed E-state index contributed by atoms with van der Waals surface area (Å²) in [7, 11) is 0. The first-order chi connectivity index (χ1) is 18.8. The summed E-state index contributed by atoms with van der Waals surface area (Å²) in [6, 6.07) is 8.29. The standard InChI is InChI=1S/C29H34N4O5S/c34-24(27(37)31-17-5-6-17)20(11-16-7-10-30-25(16)35)32-26(36)23-19-13-18(14-29(19)8-9-29)33(23)28(38)22-12-15-3-1-2-4-21(15)39-22/h1-4,12,16-20,23-24,34H,5-11,13-14H2,(H,30,35)(H,31,37)(H,32,36)/t16-,18-,19-,20-,23-,24?/m0/s1. The summed E-state index contributed by atoms with van der Waals surface area (Å²) in [4.78, 5) is 55.5. The molecular formula is C29H34N4O5S. The number of nitrogens with zero attached hydrogens (tertiary/aromatic N) is 1. The SMILES string of the molecule is O=C(NC1CC1)C(O)[C@H](C[C@@H]1CCNC1=O)NC(=O)[C@@H]1[C@@H]2C[C@@H](CC23CC3)N1C(=O)c1cc2ccccc2s1. The number of fused-ring (bicyclic) bond motifs is 4. The summed E-state index contributed by atoms with van der Waals surface area (Å²) in [5.74, 6) is -1.42. The van der Waals surface area contributed by atoms with Gasteiger partial charge in [0.15, 0.2) is 6.10 Å². The van der Waals surface area contributed by atoms with Crippen LogP contribution < -0.4 is 16.0 Å². The average Bonchev–Trinajstić information content (AvgIpc) is 3.68. The van der Waals surface area contributed by atoms with E-state index in [0.717, 1.165) is 48.6 Å². The molecule has 4 amide bonds. The van der Waals surface area contributed by atoms with E-state index in [4.69, 9.17) is 0 Å². The Bertz CT molecular complexity index is 1320. The molecule has 3 heterocycles. The van der Waals surface area contributed by atoms with E-state index in [1.54, 1.807) is 4.90 Å². The number of nitrogens with one attached hydrogen (secondary N) is 3. The maximum Gasteiger partial charge on any atom is 0.264 e. The van der Waals surface area contributed by atoms with Crippen molar-refractivity contribution in [1.29, 1.82) is 0 Å². The van der Waals surface area contributed by atoms with Gasteiger partial charge in [-0.3, -0.25) is 19.2 Å². The highest BCUT2D eigenvalue weighted by atomic mass is 32.1. The van der Waals surface area contributed by atoms with Crippen LogP contribution in [0, 0.1) is 17.3 Å². The van der Waals surface area contributed by atoms with Crippen molar-refractivity contribution in [3.05, 3.63) is 35.2 Å². The molecular weight excluding hydrogens is 516 g/mol. The predicted octanol–water partition coefficient (Wildman–Crippen LogP) is 1.93. The molecule has 1 spiro atoms.